The number of hydrogen-bond donors (Lipinski definition) is 1. The van der Waals surface area contributed by atoms with Crippen LogP contribution in [0.5, 0.6) is 0 Å². The van der Waals surface area contributed by atoms with Crippen molar-refractivity contribution in [1.82, 2.24) is 4.90 Å². The Morgan fingerprint density at radius 1 is 1.44 bits per heavy atom. The van der Waals surface area contributed by atoms with Crippen LogP contribution in [0, 0.1) is 17.3 Å². The van der Waals surface area contributed by atoms with Crippen LogP contribution in [-0.2, 0) is 9.53 Å². The second-order valence-corrected chi connectivity index (χ2v) is 5.95. The van der Waals surface area contributed by atoms with Gasteiger partial charge in [-0.1, -0.05) is 20.8 Å². The Morgan fingerprint density at radius 3 is 2.61 bits per heavy atom. The summed E-state index contributed by atoms with van der Waals surface area (Å²) in [5, 5.41) is 9.29. The number of ether oxygens (including phenoxy) is 1. The molecule has 5 heteroatoms. The fraction of sp³-hybridized carbons (Fsp3) is 0.846. The van der Waals surface area contributed by atoms with E-state index in [1.54, 1.807) is 4.90 Å². The monoisotopic (exact) mass is 255 g/mol. The van der Waals surface area contributed by atoms with E-state index in [2.05, 4.69) is 0 Å². The molecule has 3 unspecified atom stereocenters. The highest BCUT2D eigenvalue weighted by Crippen LogP contribution is 2.46. The molecule has 1 saturated heterocycles. The number of amides is 1. The van der Waals surface area contributed by atoms with Gasteiger partial charge in [0.25, 0.3) is 0 Å². The van der Waals surface area contributed by atoms with Crippen LogP contribution in [-0.4, -0.2) is 41.3 Å². The first-order chi connectivity index (χ1) is 8.35. The number of hydrogen-bond acceptors (Lipinski definition) is 3. The summed E-state index contributed by atoms with van der Waals surface area (Å²) in [6, 6.07) is 0.102. The van der Waals surface area contributed by atoms with Crippen LogP contribution in [0.4, 0.5) is 4.79 Å². The summed E-state index contributed by atoms with van der Waals surface area (Å²) in [5.74, 6) is -0.908. The van der Waals surface area contributed by atoms with Crippen molar-refractivity contribution in [3.8, 4) is 0 Å². The van der Waals surface area contributed by atoms with Gasteiger partial charge in [-0.05, 0) is 24.2 Å². The maximum absolute atomic E-state index is 11.6. The fourth-order valence-electron chi connectivity index (χ4n) is 3.35. The van der Waals surface area contributed by atoms with Crippen LogP contribution in [0.1, 0.15) is 33.6 Å². The number of rotatable bonds is 2. The van der Waals surface area contributed by atoms with Crippen LogP contribution in [0.25, 0.3) is 0 Å². The number of cyclic esters (lactones) is 1. The largest absolute Gasteiger partial charge is 0.481 e. The molecule has 1 heterocycles. The van der Waals surface area contributed by atoms with Gasteiger partial charge in [-0.2, -0.15) is 0 Å². The minimum atomic E-state index is -0.728. The SMILES string of the molecule is CC1C(N2CCOC2=O)CCC(C(=O)O)C1(C)C. The molecular formula is C13H21NO4. The average molecular weight is 255 g/mol. The molecule has 102 valence electrons. The molecule has 1 N–H and O–H groups in total. The van der Waals surface area contributed by atoms with Crippen molar-refractivity contribution in [2.24, 2.45) is 17.3 Å². The van der Waals surface area contributed by atoms with E-state index in [0.29, 0.717) is 19.6 Å². The lowest BCUT2D eigenvalue weighted by molar-refractivity contribution is -0.151. The number of carbonyl (C=O) groups is 2. The third kappa shape index (κ3) is 1.95. The van der Waals surface area contributed by atoms with Gasteiger partial charge < -0.3 is 14.7 Å². The maximum Gasteiger partial charge on any atom is 0.410 e. The predicted molar refractivity (Wildman–Crippen MR) is 65.1 cm³/mol. The lowest BCUT2D eigenvalue weighted by atomic mass is 9.60. The highest BCUT2D eigenvalue weighted by Gasteiger charge is 2.49. The van der Waals surface area contributed by atoms with Crippen molar-refractivity contribution in [1.29, 1.82) is 0 Å². The van der Waals surface area contributed by atoms with E-state index in [1.807, 2.05) is 20.8 Å². The van der Waals surface area contributed by atoms with Gasteiger partial charge in [-0.25, -0.2) is 4.79 Å². The lowest BCUT2D eigenvalue weighted by Gasteiger charge is -2.48. The van der Waals surface area contributed by atoms with Crippen LogP contribution in [0.3, 0.4) is 0 Å². The van der Waals surface area contributed by atoms with E-state index < -0.39 is 5.97 Å². The molecule has 0 bridgehead atoms. The van der Waals surface area contributed by atoms with Crippen LogP contribution in [0.15, 0.2) is 0 Å². The van der Waals surface area contributed by atoms with Crippen molar-refractivity contribution in [3.63, 3.8) is 0 Å². The normalized spacial score (nSPS) is 35.4. The molecule has 1 aliphatic heterocycles. The number of nitrogens with zero attached hydrogens (tertiary/aromatic N) is 1. The van der Waals surface area contributed by atoms with E-state index in [4.69, 9.17) is 4.74 Å². The quantitative estimate of drug-likeness (QED) is 0.819. The van der Waals surface area contributed by atoms with E-state index in [1.165, 1.54) is 0 Å². The van der Waals surface area contributed by atoms with Crippen LogP contribution in [0.2, 0.25) is 0 Å². The average Bonchev–Trinajstić information content (AvgIpc) is 2.68. The van der Waals surface area contributed by atoms with Crippen molar-refractivity contribution in [2.75, 3.05) is 13.2 Å². The minimum absolute atomic E-state index is 0.102. The molecule has 18 heavy (non-hydrogen) atoms. The van der Waals surface area contributed by atoms with Gasteiger partial charge in [0.1, 0.15) is 6.61 Å². The summed E-state index contributed by atoms with van der Waals surface area (Å²) < 4.78 is 4.98. The molecule has 1 saturated carbocycles. The number of carboxylic acids is 1. The van der Waals surface area contributed by atoms with Crippen molar-refractivity contribution in [3.05, 3.63) is 0 Å². The Hall–Kier alpha value is -1.26. The third-order valence-corrected chi connectivity index (χ3v) is 4.89. The van der Waals surface area contributed by atoms with Gasteiger partial charge in [0.15, 0.2) is 0 Å². The molecule has 3 atom stereocenters. The maximum atomic E-state index is 11.6. The minimum Gasteiger partial charge on any atom is -0.481 e. The number of carbonyl (C=O) groups excluding carboxylic acids is 1. The van der Waals surface area contributed by atoms with Crippen LogP contribution < -0.4 is 0 Å². The molecule has 1 aliphatic carbocycles. The van der Waals surface area contributed by atoms with Crippen molar-refractivity contribution < 1.29 is 19.4 Å². The zero-order chi connectivity index (χ0) is 13.5. The molecule has 2 rings (SSSR count). The predicted octanol–water partition coefficient (Wildman–Crippen LogP) is 1.96. The Kier molecular flexibility index (Phi) is 3.25. The lowest BCUT2D eigenvalue weighted by Crippen LogP contribution is -2.52. The molecule has 0 aromatic heterocycles. The summed E-state index contributed by atoms with van der Waals surface area (Å²) in [7, 11) is 0. The Morgan fingerprint density at radius 2 is 2.11 bits per heavy atom. The summed E-state index contributed by atoms with van der Waals surface area (Å²) in [5.41, 5.74) is -0.308. The first kappa shape index (κ1) is 13.2. The van der Waals surface area contributed by atoms with Gasteiger partial charge in [0.2, 0.25) is 0 Å². The molecule has 1 amide bonds. The summed E-state index contributed by atoms with van der Waals surface area (Å²) in [6.45, 7) is 7.10. The summed E-state index contributed by atoms with van der Waals surface area (Å²) in [6.07, 6.45) is 1.12. The zero-order valence-electron chi connectivity index (χ0n) is 11.2. The Balaban J connectivity index is 2.18. The molecule has 0 spiro atoms. The number of carboxylic acid groups (broad SMARTS) is 1. The van der Waals surface area contributed by atoms with Gasteiger partial charge >= 0.3 is 12.1 Å². The van der Waals surface area contributed by atoms with Crippen LogP contribution >= 0.6 is 0 Å². The third-order valence-electron chi connectivity index (χ3n) is 4.89. The highest BCUT2D eigenvalue weighted by molar-refractivity contribution is 5.72. The van der Waals surface area contributed by atoms with E-state index in [9.17, 15) is 14.7 Å². The summed E-state index contributed by atoms with van der Waals surface area (Å²) >= 11 is 0. The van der Waals surface area contributed by atoms with E-state index in [0.717, 1.165) is 6.42 Å². The van der Waals surface area contributed by atoms with E-state index >= 15 is 0 Å². The highest BCUT2D eigenvalue weighted by atomic mass is 16.6. The molecule has 0 aromatic carbocycles. The Labute approximate surface area is 107 Å². The van der Waals surface area contributed by atoms with E-state index in [-0.39, 0.29) is 29.4 Å². The molecule has 2 aliphatic rings. The molecule has 0 radical (unpaired) electrons. The van der Waals surface area contributed by atoms with Gasteiger partial charge in [-0.3, -0.25) is 4.79 Å². The second kappa shape index (κ2) is 4.44. The smallest absolute Gasteiger partial charge is 0.410 e. The zero-order valence-corrected chi connectivity index (χ0v) is 11.2. The standard InChI is InChI=1S/C13H21NO4/c1-8-10(14-6-7-18-12(14)17)5-4-9(11(15)16)13(8,2)3/h8-10H,4-7H2,1-3H3,(H,15,16). The Bertz CT molecular complexity index is 366. The molecule has 5 nitrogen and oxygen atoms in total. The number of aliphatic carboxylic acids is 1. The summed E-state index contributed by atoms with van der Waals surface area (Å²) in [4.78, 5) is 24.7. The first-order valence-electron chi connectivity index (χ1n) is 6.52. The first-order valence-corrected chi connectivity index (χ1v) is 6.52. The molecular weight excluding hydrogens is 234 g/mol. The van der Waals surface area contributed by atoms with Gasteiger partial charge in [0.05, 0.1) is 12.5 Å². The fourth-order valence-corrected chi connectivity index (χ4v) is 3.35. The second-order valence-electron chi connectivity index (χ2n) is 5.95. The van der Waals surface area contributed by atoms with Crippen molar-refractivity contribution >= 4 is 12.1 Å². The van der Waals surface area contributed by atoms with Crippen molar-refractivity contribution in [2.45, 2.75) is 39.7 Å². The molecule has 2 fully saturated rings. The van der Waals surface area contributed by atoms with Gasteiger partial charge in [0, 0.05) is 6.04 Å². The molecule has 0 aromatic rings. The van der Waals surface area contributed by atoms with Gasteiger partial charge in [-0.15, -0.1) is 0 Å². The topological polar surface area (TPSA) is 66.8 Å².